The lowest BCUT2D eigenvalue weighted by atomic mass is 10.2. The standard InChI is InChI=1S/C20H21BrO5/c1-3-5-11-25-16-8-6-7-14(12-16)19(22)26-18-10-9-15(21)13-17(18)20(23)24-4-2/h6-10,12-13H,3-5,11H2,1-2H3. The predicted octanol–water partition coefficient (Wildman–Crippen LogP) is 5.02. The molecule has 0 spiro atoms. The first-order valence-corrected chi connectivity index (χ1v) is 9.26. The molecule has 0 saturated carbocycles. The molecule has 0 aliphatic rings. The summed E-state index contributed by atoms with van der Waals surface area (Å²) in [6, 6.07) is 11.6. The molecule has 6 heteroatoms. The molecule has 2 rings (SSSR count). The zero-order chi connectivity index (χ0) is 18.9. The largest absolute Gasteiger partial charge is 0.494 e. The number of halogens is 1. The van der Waals surface area contributed by atoms with E-state index in [1.807, 2.05) is 0 Å². The molecule has 2 aromatic carbocycles. The summed E-state index contributed by atoms with van der Waals surface area (Å²) in [7, 11) is 0. The van der Waals surface area contributed by atoms with Crippen LogP contribution < -0.4 is 9.47 Å². The fraction of sp³-hybridized carbons (Fsp3) is 0.300. The summed E-state index contributed by atoms with van der Waals surface area (Å²) < 4.78 is 16.7. The molecule has 0 amide bonds. The molecule has 0 aliphatic heterocycles. The summed E-state index contributed by atoms with van der Waals surface area (Å²) in [4.78, 5) is 24.6. The van der Waals surface area contributed by atoms with Gasteiger partial charge in [-0.3, -0.25) is 0 Å². The molecule has 0 unspecified atom stereocenters. The van der Waals surface area contributed by atoms with Crippen LogP contribution in [0.2, 0.25) is 0 Å². The second-order valence-corrected chi connectivity index (χ2v) is 6.40. The molecule has 0 aromatic heterocycles. The maximum absolute atomic E-state index is 12.5. The molecular weight excluding hydrogens is 400 g/mol. The minimum absolute atomic E-state index is 0.147. The SMILES string of the molecule is CCCCOc1cccc(C(=O)Oc2ccc(Br)cc2C(=O)OCC)c1. The van der Waals surface area contributed by atoms with Gasteiger partial charge in [-0.2, -0.15) is 0 Å². The van der Waals surface area contributed by atoms with Gasteiger partial charge in [-0.05, 0) is 49.7 Å². The van der Waals surface area contributed by atoms with E-state index in [0.29, 0.717) is 22.4 Å². The van der Waals surface area contributed by atoms with Gasteiger partial charge in [0, 0.05) is 4.47 Å². The first-order valence-electron chi connectivity index (χ1n) is 8.46. The molecule has 2 aromatic rings. The van der Waals surface area contributed by atoms with Crippen LogP contribution >= 0.6 is 15.9 Å². The van der Waals surface area contributed by atoms with Gasteiger partial charge in [0.1, 0.15) is 17.1 Å². The Labute approximate surface area is 161 Å². The van der Waals surface area contributed by atoms with Crippen LogP contribution in [-0.2, 0) is 4.74 Å². The van der Waals surface area contributed by atoms with E-state index in [4.69, 9.17) is 14.2 Å². The van der Waals surface area contributed by atoms with Crippen molar-refractivity contribution in [1.29, 1.82) is 0 Å². The third-order valence-electron chi connectivity index (χ3n) is 3.48. The Morgan fingerprint density at radius 2 is 1.85 bits per heavy atom. The second kappa shape index (κ2) is 9.97. The summed E-state index contributed by atoms with van der Waals surface area (Å²) in [6.45, 7) is 4.62. The predicted molar refractivity (Wildman–Crippen MR) is 102 cm³/mol. The summed E-state index contributed by atoms with van der Waals surface area (Å²) >= 11 is 3.30. The van der Waals surface area contributed by atoms with Crippen molar-refractivity contribution in [3.8, 4) is 11.5 Å². The van der Waals surface area contributed by atoms with Crippen LogP contribution in [0.25, 0.3) is 0 Å². The molecule has 0 atom stereocenters. The van der Waals surface area contributed by atoms with E-state index in [-0.39, 0.29) is 17.9 Å². The Hall–Kier alpha value is -2.34. The maximum Gasteiger partial charge on any atom is 0.343 e. The summed E-state index contributed by atoms with van der Waals surface area (Å²) in [5.41, 5.74) is 0.529. The number of carbonyl (C=O) groups excluding carboxylic acids is 2. The molecule has 0 bridgehead atoms. The van der Waals surface area contributed by atoms with Gasteiger partial charge >= 0.3 is 11.9 Å². The Morgan fingerprint density at radius 1 is 1.04 bits per heavy atom. The fourth-order valence-electron chi connectivity index (χ4n) is 2.17. The van der Waals surface area contributed by atoms with Crippen molar-refractivity contribution >= 4 is 27.9 Å². The van der Waals surface area contributed by atoms with E-state index >= 15 is 0 Å². The first-order chi connectivity index (χ1) is 12.5. The van der Waals surface area contributed by atoms with Crippen LogP contribution in [-0.4, -0.2) is 25.2 Å². The van der Waals surface area contributed by atoms with Crippen LogP contribution in [0.5, 0.6) is 11.5 Å². The average molecular weight is 421 g/mol. The molecular formula is C20H21BrO5. The second-order valence-electron chi connectivity index (χ2n) is 5.48. The highest BCUT2D eigenvalue weighted by molar-refractivity contribution is 9.10. The zero-order valence-electron chi connectivity index (χ0n) is 14.8. The molecule has 26 heavy (non-hydrogen) atoms. The molecule has 0 N–H and O–H groups in total. The lowest BCUT2D eigenvalue weighted by molar-refractivity contribution is 0.0520. The van der Waals surface area contributed by atoms with Crippen molar-refractivity contribution in [2.45, 2.75) is 26.7 Å². The molecule has 0 saturated heterocycles. The molecule has 0 fully saturated rings. The zero-order valence-corrected chi connectivity index (χ0v) is 16.4. The maximum atomic E-state index is 12.5. The molecule has 5 nitrogen and oxygen atoms in total. The number of hydrogen-bond acceptors (Lipinski definition) is 5. The van der Waals surface area contributed by atoms with Crippen molar-refractivity contribution in [3.63, 3.8) is 0 Å². The molecule has 0 radical (unpaired) electrons. The van der Waals surface area contributed by atoms with Crippen molar-refractivity contribution in [3.05, 3.63) is 58.1 Å². The summed E-state index contributed by atoms with van der Waals surface area (Å²) in [5.74, 6) is -0.365. The number of rotatable bonds is 8. The van der Waals surface area contributed by atoms with E-state index in [2.05, 4.69) is 22.9 Å². The average Bonchev–Trinajstić information content (AvgIpc) is 2.64. The lowest BCUT2D eigenvalue weighted by Crippen LogP contribution is -2.13. The van der Waals surface area contributed by atoms with Gasteiger partial charge < -0.3 is 14.2 Å². The van der Waals surface area contributed by atoms with E-state index < -0.39 is 11.9 Å². The summed E-state index contributed by atoms with van der Waals surface area (Å²) in [5, 5.41) is 0. The van der Waals surface area contributed by atoms with Crippen molar-refractivity contribution in [2.75, 3.05) is 13.2 Å². The van der Waals surface area contributed by atoms with E-state index in [9.17, 15) is 9.59 Å². The van der Waals surface area contributed by atoms with E-state index in [1.165, 1.54) is 0 Å². The van der Waals surface area contributed by atoms with Crippen molar-refractivity contribution < 1.29 is 23.8 Å². The highest BCUT2D eigenvalue weighted by atomic mass is 79.9. The minimum atomic E-state index is -0.571. The van der Waals surface area contributed by atoms with Gasteiger partial charge in [0.15, 0.2) is 0 Å². The molecule has 0 aliphatic carbocycles. The number of ether oxygens (including phenoxy) is 3. The number of hydrogen-bond donors (Lipinski definition) is 0. The fourth-order valence-corrected chi connectivity index (χ4v) is 2.53. The normalized spacial score (nSPS) is 10.3. The number of esters is 2. The Morgan fingerprint density at radius 3 is 2.58 bits per heavy atom. The minimum Gasteiger partial charge on any atom is -0.494 e. The van der Waals surface area contributed by atoms with Gasteiger partial charge in [-0.15, -0.1) is 0 Å². The Balaban J connectivity index is 2.17. The van der Waals surface area contributed by atoms with Gasteiger partial charge in [0.05, 0.1) is 18.8 Å². The monoisotopic (exact) mass is 420 g/mol. The highest BCUT2D eigenvalue weighted by Gasteiger charge is 2.18. The Bertz CT molecular complexity index is 773. The Kier molecular flexibility index (Phi) is 7.66. The van der Waals surface area contributed by atoms with Gasteiger partial charge in [0.25, 0.3) is 0 Å². The lowest BCUT2D eigenvalue weighted by Gasteiger charge is -2.11. The number of benzene rings is 2. The number of carbonyl (C=O) groups is 2. The number of unbranched alkanes of at least 4 members (excludes halogenated alkanes) is 1. The van der Waals surface area contributed by atoms with Crippen molar-refractivity contribution in [1.82, 2.24) is 0 Å². The first kappa shape index (κ1) is 20.0. The van der Waals surface area contributed by atoms with Gasteiger partial charge in [-0.1, -0.05) is 35.3 Å². The quantitative estimate of drug-likeness (QED) is 0.340. The van der Waals surface area contributed by atoms with Crippen LogP contribution in [0.3, 0.4) is 0 Å². The van der Waals surface area contributed by atoms with Gasteiger partial charge in [0.2, 0.25) is 0 Å². The van der Waals surface area contributed by atoms with Gasteiger partial charge in [-0.25, -0.2) is 9.59 Å². The molecule has 138 valence electrons. The van der Waals surface area contributed by atoms with Crippen LogP contribution in [0, 0.1) is 0 Å². The molecule has 0 heterocycles. The van der Waals surface area contributed by atoms with Crippen molar-refractivity contribution in [2.24, 2.45) is 0 Å². The smallest absolute Gasteiger partial charge is 0.343 e. The summed E-state index contributed by atoms with van der Waals surface area (Å²) in [6.07, 6.45) is 1.97. The van der Waals surface area contributed by atoms with Crippen LogP contribution in [0.4, 0.5) is 0 Å². The van der Waals surface area contributed by atoms with E-state index in [1.54, 1.807) is 49.4 Å². The topological polar surface area (TPSA) is 61.8 Å². The van der Waals surface area contributed by atoms with Crippen LogP contribution in [0.15, 0.2) is 46.9 Å². The third kappa shape index (κ3) is 5.59. The van der Waals surface area contributed by atoms with Crippen LogP contribution in [0.1, 0.15) is 47.4 Å². The van der Waals surface area contributed by atoms with E-state index in [0.717, 1.165) is 12.8 Å². The highest BCUT2D eigenvalue weighted by Crippen LogP contribution is 2.25. The third-order valence-corrected chi connectivity index (χ3v) is 3.97.